The van der Waals surface area contributed by atoms with Gasteiger partial charge in [-0.25, -0.2) is 0 Å². The number of benzene rings is 1. The van der Waals surface area contributed by atoms with Crippen LogP contribution in [0.15, 0.2) is 24.3 Å². The van der Waals surface area contributed by atoms with Gasteiger partial charge in [-0.3, -0.25) is 4.90 Å². The monoisotopic (exact) mass is 273 g/mol. The van der Waals surface area contributed by atoms with Crippen LogP contribution in [0.2, 0.25) is 0 Å². The van der Waals surface area contributed by atoms with Gasteiger partial charge in [-0.15, -0.1) is 0 Å². The molecule has 1 heterocycles. The van der Waals surface area contributed by atoms with Crippen LogP contribution in [0.25, 0.3) is 0 Å². The van der Waals surface area contributed by atoms with E-state index >= 15 is 0 Å². The summed E-state index contributed by atoms with van der Waals surface area (Å²) in [6.07, 6.45) is 7.09. The summed E-state index contributed by atoms with van der Waals surface area (Å²) in [4.78, 5) is 2.55. The minimum Gasteiger partial charge on any atom is -0.391 e. The SMILES string of the molecule is Cc1ccccc1C1CCN(C2CCCCC2O)CC1. The Morgan fingerprint density at radius 2 is 1.70 bits per heavy atom. The van der Waals surface area contributed by atoms with Gasteiger partial charge in [-0.2, -0.15) is 0 Å². The molecule has 1 saturated carbocycles. The molecule has 1 saturated heterocycles. The van der Waals surface area contributed by atoms with Crippen molar-refractivity contribution in [2.75, 3.05) is 13.1 Å². The number of aliphatic hydroxyl groups excluding tert-OH is 1. The van der Waals surface area contributed by atoms with E-state index in [4.69, 9.17) is 0 Å². The molecule has 2 heteroatoms. The Bertz CT molecular complexity index is 437. The summed E-state index contributed by atoms with van der Waals surface area (Å²) in [6, 6.07) is 9.26. The largest absolute Gasteiger partial charge is 0.391 e. The number of aryl methyl sites for hydroxylation is 1. The zero-order valence-corrected chi connectivity index (χ0v) is 12.6. The van der Waals surface area contributed by atoms with E-state index in [1.165, 1.54) is 43.2 Å². The molecule has 1 aliphatic carbocycles. The minimum absolute atomic E-state index is 0.0845. The average molecular weight is 273 g/mol. The molecule has 1 aliphatic heterocycles. The van der Waals surface area contributed by atoms with E-state index in [1.54, 1.807) is 0 Å². The number of nitrogens with zero attached hydrogens (tertiary/aromatic N) is 1. The van der Waals surface area contributed by atoms with Gasteiger partial charge in [0.1, 0.15) is 0 Å². The van der Waals surface area contributed by atoms with Crippen LogP contribution in [0.3, 0.4) is 0 Å². The molecule has 110 valence electrons. The number of hydrogen-bond acceptors (Lipinski definition) is 2. The average Bonchev–Trinajstić information content (AvgIpc) is 2.49. The summed E-state index contributed by atoms with van der Waals surface area (Å²) in [6.45, 7) is 4.54. The molecule has 2 unspecified atom stereocenters. The fourth-order valence-corrected chi connectivity index (χ4v) is 4.10. The second-order valence-corrected chi connectivity index (χ2v) is 6.59. The summed E-state index contributed by atoms with van der Waals surface area (Å²) in [5, 5.41) is 10.2. The lowest BCUT2D eigenvalue weighted by Crippen LogP contribution is -2.48. The minimum atomic E-state index is -0.0845. The quantitative estimate of drug-likeness (QED) is 0.892. The standard InChI is InChI=1S/C18H27NO/c1-14-6-2-3-7-16(14)15-10-12-19(13-11-15)17-8-4-5-9-18(17)20/h2-3,6-7,15,17-18,20H,4-5,8-13H2,1H3. The predicted molar refractivity (Wildman–Crippen MR) is 83.0 cm³/mol. The number of likely N-dealkylation sites (tertiary alicyclic amines) is 1. The molecule has 0 bridgehead atoms. The van der Waals surface area contributed by atoms with Crippen LogP contribution in [0.4, 0.5) is 0 Å². The highest BCUT2D eigenvalue weighted by Crippen LogP contribution is 2.33. The summed E-state index contributed by atoms with van der Waals surface area (Å²) in [5.41, 5.74) is 2.97. The Labute approximate surface area is 122 Å². The van der Waals surface area contributed by atoms with Gasteiger partial charge in [0, 0.05) is 6.04 Å². The zero-order valence-electron chi connectivity index (χ0n) is 12.6. The van der Waals surface area contributed by atoms with E-state index in [1.807, 2.05) is 0 Å². The first kappa shape index (κ1) is 14.1. The Hall–Kier alpha value is -0.860. The fourth-order valence-electron chi connectivity index (χ4n) is 4.10. The lowest BCUT2D eigenvalue weighted by molar-refractivity contribution is 0.00868. The van der Waals surface area contributed by atoms with Crippen molar-refractivity contribution in [3.8, 4) is 0 Å². The highest BCUT2D eigenvalue weighted by atomic mass is 16.3. The first-order valence-electron chi connectivity index (χ1n) is 8.23. The van der Waals surface area contributed by atoms with Crippen LogP contribution in [0, 0.1) is 6.92 Å². The van der Waals surface area contributed by atoms with Gasteiger partial charge in [0.15, 0.2) is 0 Å². The molecule has 2 aliphatic rings. The summed E-state index contributed by atoms with van der Waals surface area (Å²) in [7, 11) is 0. The van der Waals surface area contributed by atoms with E-state index in [9.17, 15) is 5.11 Å². The van der Waals surface area contributed by atoms with Crippen molar-refractivity contribution in [2.24, 2.45) is 0 Å². The van der Waals surface area contributed by atoms with Crippen molar-refractivity contribution in [1.82, 2.24) is 4.90 Å². The lowest BCUT2D eigenvalue weighted by atomic mass is 9.84. The highest BCUT2D eigenvalue weighted by Gasteiger charge is 2.31. The van der Waals surface area contributed by atoms with Crippen LogP contribution in [0.1, 0.15) is 55.6 Å². The molecule has 3 rings (SSSR count). The molecule has 0 radical (unpaired) electrons. The molecular formula is C18H27NO. The van der Waals surface area contributed by atoms with Gasteiger partial charge in [-0.1, -0.05) is 37.1 Å². The Morgan fingerprint density at radius 3 is 2.40 bits per heavy atom. The van der Waals surface area contributed by atoms with Gasteiger partial charge in [0.2, 0.25) is 0 Å². The topological polar surface area (TPSA) is 23.5 Å². The normalized spacial score (nSPS) is 29.5. The van der Waals surface area contributed by atoms with Crippen LogP contribution in [-0.4, -0.2) is 35.2 Å². The third-order valence-electron chi connectivity index (χ3n) is 5.32. The Morgan fingerprint density at radius 1 is 1.00 bits per heavy atom. The van der Waals surface area contributed by atoms with Crippen LogP contribution in [0.5, 0.6) is 0 Å². The highest BCUT2D eigenvalue weighted by molar-refractivity contribution is 5.29. The number of piperidine rings is 1. The smallest absolute Gasteiger partial charge is 0.0695 e. The second kappa shape index (κ2) is 6.28. The molecular weight excluding hydrogens is 246 g/mol. The van der Waals surface area contributed by atoms with Crippen molar-refractivity contribution < 1.29 is 5.11 Å². The molecule has 0 amide bonds. The van der Waals surface area contributed by atoms with Crippen molar-refractivity contribution >= 4 is 0 Å². The molecule has 2 atom stereocenters. The van der Waals surface area contributed by atoms with Crippen molar-refractivity contribution in [2.45, 2.75) is 63.5 Å². The zero-order chi connectivity index (χ0) is 13.9. The van der Waals surface area contributed by atoms with Gasteiger partial charge < -0.3 is 5.11 Å². The van der Waals surface area contributed by atoms with Gasteiger partial charge >= 0.3 is 0 Å². The second-order valence-electron chi connectivity index (χ2n) is 6.59. The van der Waals surface area contributed by atoms with Crippen molar-refractivity contribution in [1.29, 1.82) is 0 Å². The first-order chi connectivity index (χ1) is 9.75. The molecule has 1 aromatic carbocycles. The molecule has 2 fully saturated rings. The third kappa shape index (κ3) is 2.91. The number of hydrogen-bond donors (Lipinski definition) is 1. The lowest BCUT2D eigenvalue weighted by Gasteiger charge is -2.41. The maximum absolute atomic E-state index is 10.2. The van der Waals surface area contributed by atoms with Gasteiger partial charge in [0.25, 0.3) is 0 Å². The van der Waals surface area contributed by atoms with Crippen molar-refractivity contribution in [3.63, 3.8) is 0 Å². The maximum Gasteiger partial charge on any atom is 0.0695 e. The summed E-state index contributed by atoms with van der Waals surface area (Å²) >= 11 is 0. The van der Waals surface area contributed by atoms with Crippen LogP contribution in [-0.2, 0) is 0 Å². The predicted octanol–water partition coefficient (Wildman–Crippen LogP) is 3.48. The summed E-state index contributed by atoms with van der Waals surface area (Å²) < 4.78 is 0. The molecule has 1 N–H and O–H groups in total. The Kier molecular flexibility index (Phi) is 4.42. The van der Waals surface area contributed by atoms with Crippen LogP contribution >= 0.6 is 0 Å². The fraction of sp³-hybridized carbons (Fsp3) is 0.667. The number of rotatable bonds is 2. The molecule has 2 nitrogen and oxygen atoms in total. The maximum atomic E-state index is 10.2. The van der Waals surface area contributed by atoms with E-state index in [2.05, 4.69) is 36.1 Å². The Balaban J connectivity index is 1.61. The first-order valence-corrected chi connectivity index (χ1v) is 8.23. The van der Waals surface area contributed by atoms with E-state index in [0.29, 0.717) is 12.0 Å². The molecule has 0 aromatic heterocycles. The van der Waals surface area contributed by atoms with Gasteiger partial charge in [-0.05, 0) is 62.7 Å². The molecule has 20 heavy (non-hydrogen) atoms. The van der Waals surface area contributed by atoms with Gasteiger partial charge in [0.05, 0.1) is 6.10 Å². The van der Waals surface area contributed by atoms with E-state index in [-0.39, 0.29) is 6.10 Å². The summed E-state index contributed by atoms with van der Waals surface area (Å²) in [5.74, 6) is 0.716. The molecule has 1 aromatic rings. The van der Waals surface area contributed by atoms with E-state index < -0.39 is 0 Å². The van der Waals surface area contributed by atoms with Crippen LogP contribution < -0.4 is 0 Å². The molecule has 0 spiro atoms. The number of aliphatic hydroxyl groups is 1. The third-order valence-corrected chi connectivity index (χ3v) is 5.32. The van der Waals surface area contributed by atoms with E-state index in [0.717, 1.165) is 19.5 Å². The van der Waals surface area contributed by atoms with Crippen molar-refractivity contribution in [3.05, 3.63) is 35.4 Å².